The molecule has 2 rings (SSSR count). The Morgan fingerprint density at radius 3 is 2.65 bits per heavy atom. The van der Waals surface area contributed by atoms with Gasteiger partial charge in [0.1, 0.15) is 10.4 Å². The maximum atomic E-state index is 12.5. The largest absolute Gasteiger partial charge is 0.481 e. The van der Waals surface area contributed by atoms with Gasteiger partial charge in [-0.25, -0.2) is 4.79 Å². The third-order valence-corrected chi connectivity index (χ3v) is 4.65. The van der Waals surface area contributed by atoms with Crippen LogP contribution in [0.5, 0.6) is 0 Å². The Hall–Kier alpha value is -2.13. The predicted molar refractivity (Wildman–Crippen MR) is 88.7 cm³/mol. The Bertz CT molecular complexity index is 710. The lowest BCUT2D eigenvalue weighted by Crippen LogP contribution is -2.44. The highest BCUT2D eigenvalue weighted by atomic mass is 32.2. The van der Waals surface area contributed by atoms with Gasteiger partial charge in [0.25, 0.3) is 5.91 Å². The first kappa shape index (κ1) is 17.2. The molecule has 7 nitrogen and oxygen atoms in total. The van der Waals surface area contributed by atoms with Crippen LogP contribution in [0.3, 0.4) is 0 Å². The van der Waals surface area contributed by atoms with E-state index in [0.29, 0.717) is 4.91 Å². The maximum Gasteiger partial charge on any atom is 0.326 e. The summed E-state index contributed by atoms with van der Waals surface area (Å²) in [6.07, 6.45) is 2.90. The van der Waals surface area contributed by atoms with Crippen molar-refractivity contribution in [3.05, 3.63) is 28.9 Å². The molecule has 0 spiro atoms. The molecule has 2 N–H and O–H groups in total. The minimum atomic E-state index is -1.28. The molecule has 1 aliphatic rings. The van der Waals surface area contributed by atoms with Crippen LogP contribution in [0, 0.1) is 0 Å². The molecule has 0 aromatic carbocycles. The first-order chi connectivity index (χ1) is 10.8. The van der Waals surface area contributed by atoms with E-state index in [1.54, 1.807) is 6.08 Å². The quantitative estimate of drug-likeness (QED) is 0.590. The molecule has 0 aliphatic carbocycles. The predicted octanol–water partition coefficient (Wildman–Crippen LogP) is 1.54. The van der Waals surface area contributed by atoms with Gasteiger partial charge in [0.2, 0.25) is 0 Å². The van der Waals surface area contributed by atoms with Crippen molar-refractivity contribution in [1.82, 2.24) is 9.47 Å². The van der Waals surface area contributed by atoms with Crippen molar-refractivity contribution in [1.29, 1.82) is 0 Å². The van der Waals surface area contributed by atoms with E-state index >= 15 is 0 Å². The molecule has 23 heavy (non-hydrogen) atoms. The van der Waals surface area contributed by atoms with Crippen LogP contribution in [-0.4, -0.2) is 47.9 Å². The van der Waals surface area contributed by atoms with E-state index in [-0.39, 0.29) is 17.2 Å². The molecule has 0 bridgehead atoms. The molecule has 0 radical (unpaired) electrons. The third kappa shape index (κ3) is 3.80. The number of aryl methyl sites for hydroxylation is 1. The second-order valence-electron chi connectivity index (χ2n) is 4.88. The van der Waals surface area contributed by atoms with Gasteiger partial charge in [0.05, 0.1) is 4.91 Å². The Morgan fingerprint density at radius 2 is 2.13 bits per heavy atom. The van der Waals surface area contributed by atoms with Crippen LogP contribution >= 0.6 is 24.0 Å². The highest BCUT2D eigenvalue weighted by molar-refractivity contribution is 8.26. The number of aromatic nitrogens is 1. The summed E-state index contributed by atoms with van der Waals surface area (Å²) in [6, 6.07) is 2.35. The molecule has 122 valence electrons. The molecule has 1 atom stereocenters. The van der Waals surface area contributed by atoms with Gasteiger partial charge in [-0.05, 0) is 24.6 Å². The van der Waals surface area contributed by atoms with Gasteiger partial charge in [-0.15, -0.1) is 0 Å². The lowest BCUT2D eigenvalue weighted by molar-refractivity contribution is -0.146. The highest BCUT2D eigenvalue weighted by Gasteiger charge is 2.40. The number of carbonyl (C=O) groups is 3. The summed E-state index contributed by atoms with van der Waals surface area (Å²) in [5, 5.41) is 18.0. The Morgan fingerprint density at radius 1 is 1.43 bits per heavy atom. The molecule has 0 saturated carbocycles. The number of hydrogen-bond donors (Lipinski definition) is 2. The zero-order valence-corrected chi connectivity index (χ0v) is 13.8. The van der Waals surface area contributed by atoms with Crippen LogP contribution < -0.4 is 0 Å². The first-order valence-electron chi connectivity index (χ1n) is 6.64. The van der Waals surface area contributed by atoms with Crippen LogP contribution in [0.4, 0.5) is 0 Å². The summed E-state index contributed by atoms with van der Waals surface area (Å²) in [4.78, 5) is 35.8. The SMILES string of the molecule is Cn1cccc1/C=C1/SC(=S)N([C@H](CCC(=O)O)C(=O)O)C1=O. The fourth-order valence-electron chi connectivity index (χ4n) is 2.13. The van der Waals surface area contributed by atoms with Crippen LogP contribution in [0.25, 0.3) is 6.08 Å². The summed E-state index contributed by atoms with van der Waals surface area (Å²) < 4.78 is 1.93. The van der Waals surface area contributed by atoms with E-state index < -0.39 is 23.9 Å². The summed E-state index contributed by atoms with van der Waals surface area (Å²) in [5.74, 6) is -2.91. The minimum absolute atomic E-state index is 0.119. The lowest BCUT2D eigenvalue weighted by Gasteiger charge is -2.22. The average molecular weight is 354 g/mol. The van der Waals surface area contributed by atoms with Crippen LogP contribution in [0.2, 0.25) is 0 Å². The first-order valence-corrected chi connectivity index (χ1v) is 7.86. The van der Waals surface area contributed by atoms with Gasteiger partial charge >= 0.3 is 11.9 Å². The average Bonchev–Trinajstić information content (AvgIpc) is 2.97. The van der Waals surface area contributed by atoms with Gasteiger partial charge in [-0.2, -0.15) is 0 Å². The van der Waals surface area contributed by atoms with E-state index in [4.69, 9.17) is 17.3 Å². The normalized spacial score (nSPS) is 17.8. The number of hydrogen-bond acceptors (Lipinski definition) is 5. The van der Waals surface area contributed by atoms with Crippen molar-refractivity contribution >= 4 is 52.2 Å². The van der Waals surface area contributed by atoms with Crippen molar-refractivity contribution in [2.24, 2.45) is 7.05 Å². The van der Waals surface area contributed by atoms with Crippen molar-refractivity contribution in [2.75, 3.05) is 0 Å². The maximum absolute atomic E-state index is 12.5. The molecule has 2 heterocycles. The standard InChI is InChI=1S/C14H14N2O5S2/c1-15-6-2-3-8(15)7-10-12(19)16(14(22)23-10)9(13(20)21)4-5-11(17)18/h2-3,6-7,9H,4-5H2,1H3,(H,17,18)(H,20,21)/b10-7+/t9-/m1/s1. The second-order valence-corrected chi connectivity index (χ2v) is 6.56. The van der Waals surface area contributed by atoms with Gasteiger partial charge in [0, 0.05) is 25.4 Å². The minimum Gasteiger partial charge on any atom is -0.481 e. The third-order valence-electron chi connectivity index (χ3n) is 3.31. The number of thiocarbonyl (C=S) groups is 1. The fourth-order valence-corrected chi connectivity index (χ4v) is 3.47. The molecule has 1 amide bonds. The van der Waals surface area contributed by atoms with Crippen molar-refractivity contribution < 1.29 is 24.6 Å². The zero-order chi connectivity index (χ0) is 17.1. The topological polar surface area (TPSA) is 99.8 Å². The summed E-state index contributed by atoms with van der Waals surface area (Å²) >= 11 is 6.12. The Labute approximate surface area is 141 Å². The second kappa shape index (κ2) is 6.97. The van der Waals surface area contributed by atoms with Gasteiger partial charge < -0.3 is 14.8 Å². The summed E-state index contributed by atoms with van der Waals surface area (Å²) in [6.45, 7) is 0. The molecule has 0 unspecified atom stereocenters. The van der Waals surface area contributed by atoms with E-state index in [2.05, 4.69) is 0 Å². The van der Waals surface area contributed by atoms with E-state index in [1.807, 2.05) is 29.9 Å². The van der Waals surface area contributed by atoms with Crippen molar-refractivity contribution in [3.8, 4) is 0 Å². The molecule has 1 aromatic heterocycles. The lowest BCUT2D eigenvalue weighted by atomic mass is 10.1. The molecule has 9 heteroatoms. The summed E-state index contributed by atoms with van der Waals surface area (Å²) in [5.41, 5.74) is 0.780. The monoisotopic (exact) mass is 354 g/mol. The van der Waals surface area contributed by atoms with E-state index in [9.17, 15) is 19.5 Å². The molecular weight excluding hydrogens is 340 g/mol. The highest BCUT2D eigenvalue weighted by Crippen LogP contribution is 2.34. The van der Waals surface area contributed by atoms with E-state index in [0.717, 1.165) is 22.4 Å². The van der Waals surface area contributed by atoms with Gasteiger partial charge in [0.15, 0.2) is 0 Å². The molecule has 1 saturated heterocycles. The molecular formula is C14H14N2O5S2. The number of amides is 1. The number of carboxylic acid groups (broad SMARTS) is 2. The number of thioether (sulfide) groups is 1. The van der Waals surface area contributed by atoms with E-state index in [1.165, 1.54) is 0 Å². The van der Waals surface area contributed by atoms with Crippen molar-refractivity contribution in [3.63, 3.8) is 0 Å². The molecule has 1 aliphatic heterocycles. The number of carboxylic acids is 2. The van der Waals surface area contributed by atoms with Crippen LogP contribution in [0.1, 0.15) is 18.5 Å². The number of aliphatic carboxylic acids is 2. The number of rotatable bonds is 6. The Balaban J connectivity index is 2.26. The van der Waals surface area contributed by atoms with Crippen molar-refractivity contribution in [2.45, 2.75) is 18.9 Å². The zero-order valence-electron chi connectivity index (χ0n) is 12.1. The molecule has 1 aromatic rings. The Kier molecular flexibility index (Phi) is 5.22. The van der Waals surface area contributed by atoms with Crippen LogP contribution in [-0.2, 0) is 21.4 Å². The van der Waals surface area contributed by atoms with Gasteiger partial charge in [-0.3, -0.25) is 14.5 Å². The van der Waals surface area contributed by atoms with Gasteiger partial charge in [-0.1, -0.05) is 24.0 Å². The molecule has 1 fully saturated rings. The number of carbonyl (C=O) groups excluding carboxylic acids is 1. The fraction of sp³-hybridized carbons (Fsp3) is 0.286. The summed E-state index contributed by atoms with van der Waals surface area (Å²) in [7, 11) is 1.82. The smallest absolute Gasteiger partial charge is 0.326 e. The van der Waals surface area contributed by atoms with Crippen LogP contribution in [0.15, 0.2) is 23.2 Å². The number of nitrogens with zero attached hydrogens (tertiary/aromatic N) is 2.